The number of carboxylic acid groups (broad SMARTS) is 1. The number of benzene rings is 2. The number of carbonyl (C=O) groups is 3. The van der Waals surface area contributed by atoms with Crippen molar-refractivity contribution >= 4 is 46.2 Å². The number of hydrogen-bond acceptors (Lipinski definition) is 7. The number of anilines is 1. The van der Waals surface area contributed by atoms with E-state index in [2.05, 4.69) is 10.2 Å². The lowest BCUT2D eigenvalue weighted by Gasteiger charge is -2.32. The predicted molar refractivity (Wildman–Crippen MR) is 174 cm³/mol. The third-order valence-electron chi connectivity index (χ3n) is 7.45. The van der Waals surface area contributed by atoms with Gasteiger partial charge in [0.2, 0.25) is 0 Å². The van der Waals surface area contributed by atoms with E-state index >= 15 is 0 Å². The molecule has 0 fully saturated rings. The van der Waals surface area contributed by atoms with Crippen molar-refractivity contribution in [3.63, 3.8) is 0 Å². The third-order valence-corrected chi connectivity index (χ3v) is 7.45. The molecule has 0 radical (unpaired) electrons. The van der Waals surface area contributed by atoms with Gasteiger partial charge in [-0.2, -0.15) is 0 Å². The summed E-state index contributed by atoms with van der Waals surface area (Å²) in [6.45, 7) is 15.6. The number of halogens is 1. The molecule has 2 aromatic carbocycles. The first kappa shape index (κ1) is 35.6. The maximum atomic E-state index is 13.8. The van der Waals surface area contributed by atoms with Crippen LogP contribution in [0.3, 0.4) is 0 Å². The number of Topliss-reactive ketones (excluding diaryl/α,β-unsaturated/α-hetero) is 1. The quantitative estimate of drug-likeness (QED) is 0.242. The molecule has 0 aromatic heterocycles. The van der Waals surface area contributed by atoms with Crippen molar-refractivity contribution < 1.29 is 29.0 Å². The van der Waals surface area contributed by atoms with Crippen LogP contribution in [0.5, 0.6) is 11.5 Å². The molecule has 3 N–H and O–H groups in total. The molecule has 0 spiro atoms. The molecule has 0 aliphatic carbocycles. The van der Waals surface area contributed by atoms with Crippen LogP contribution < -0.4 is 19.7 Å². The maximum Gasteiger partial charge on any atom is 0.344 e. The number of aliphatic carboxylic acids is 1. The number of nitrogens with one attached hydrogen (secondary N) is 2. The second-order valence-corrected chi connectivity index (χ2v) is 11.3. The Morgan fingerprint density at radius 2 is 1.74 bits per heavy atom. The minimum Gasteiger partial charge on any atom is -0.493 e. The van der Waals surface area contributed by atoms with Crippen molar-refractivity contribution in [3.8, 4) is 11.5 Å². The van der Waals surface area contributed by atoms with Crippen molar-refractivity contribution in [1.82, 2.24) is 10.2 Å². The molecule has 1 aliphatic heterocycles. The summed E-state index contributed by atoms with van der Waals surface area (Å²) in [6.07, 6.45) is -0.728. The molecule has 1 amide bonds. The van der Waals surface area contributed by atoms with Gasteiger partial charge in [0.25, 0.3) is 5.91 Å². The van der Waals surface area contributed by atoms with Crippen LogP contribution in [0.2, 0.25) is 0 Å². The molecule has 2 aromatic rings. The van der Waals surface area contributed by atoms with Gasteiger partial charge in [0.1, 0.15) is 17.3 Å². The molecule has 10 nitrogen and oxygen atoms in total. The Morgan fingerprint density at radius 1 is 1.09 bits per heavy atom. The number of carbonyl (C=O) groups excluding carboxylic acids is 2. The molecule has 3 rings (SSSR count). The van der Waals surface area contributed by atoms with E-state index in [0.29, 0.717) is 66.5 Å². The number of amidine groups is 1. The number of nitrogens with zero attached hydrogens (tertiary/aromatic N) is 2. The SMILES string of the molecule is Br.CCOc1cc2c(cc1C(=O)NC)C(=N)N(CC(=O)c1cc(N(CC)CC)c(OC(CC)C(=O)O)c(C(C)(C)C)c1)C2. The average Bonchev–Trinajstić information content (AvgIpc) is 3.24. The number of hydrogen-bond donors (Lipinski definition) is 3. The first-order chi connectivity index (χ1) is 19.8. The number of fused-ring (bicyclic) bond motifs is 1. The number of carboxylic acids is 1. The van der Waals surface area contributed by atoms with Gasteiger partial charge in [-0.25, -0.2) is 4.79 Å². The van der Waals surface area contributed by atoms with Crippen LogP contribution in [-0.4, -0.2) is 72.9 Å². The molecule has 43 heavy (non-hydrogen) atoms. The Hall–Kier alpha value is -3.60. The van der Waals surface area contributed by atoms with E-state index in [4.69, 9.17) is 14.9 Å². The Labute approximate surface area is 265 Å². The van der Waals surface area contributed by atoms with E-state index in [1.54, 1.807) is 43.1 Å². The summed E-state index contributed by atoms with van der Waals surface area (Å²) in [6, 6.07) is 7.00. The molecule has 1 aliphatic rings. The van der Waals surface area contributed by atoms with E-state index in [1.165, 1.54) is 0 Å². The molecule has 1 atom stereocenters. The second-order valence-electron chi connectivity index (χ2n) is 11.3. The van der Waals surface area contributed by atoms with E-state index in [9.17, 15) is 19.5 Å². The molecule has 1 heterocycles. The van der Waals surface area contributed by atoms with Gasteiger partial charge in [-0.1, -0.05) is 27.7 Å². The van der Waals surface area contributed by atoms with Crippen molar-refractivity contribution in [2.45, 2.75) is 73.0 Å². The van der Waals surface area contributed by atoms with Crippen LogP contribution >= 0.6 is 17.0 Å². The lowest BCUT2D eigenvalue weighted by Crippen LogP contribution is -2.32. The van der Waals surface area contributed by atoms with Crippen LogP contribution in [0.15, 0.2) is 24.3 Å². The fraction of sp³-hybridized carbons (Fsp3) is 0.500. The van der Waals surface area contributed by atoms with Gasteiger partial charge in [0, 0.05) is 43.4 Å². The summed E-state index contributed by atoms with van der Waals surface area (Å²) >= 11 is 0. The minimum absolute atomic E-state index is 0. The number of rotatable bonds is 13. The lowest BCUT2D eigenvalue weighted by molar-refractivity contribution is -0.145. The number of ether oxygens (including phenoxy) is 2. The number of ketones is 1. The summed E-state index contributed by atoms with van der Waals surface area (Å²) in [5.41, 5.74) is 3.17. The highest BCUT2D eigenvalue weighted by Gasteiger charge is 2.32. The number of amides is 1. The largest absolute Gasteiger partial charge is 0.493 e. The monoisotopic (exact) mass is 660 g/mol. The van der Waals surface area contributed by atoms with Gasteiger partial charge >= 0.3 is 5.97 Å². The first-order valence-corrected chi connectivity index (χ1v) is 14.5. The molecule has 0 saturated heterocycles. The first-order valence-electron chi connectivity index (χ1n) is 14.5. The van der Waals surface area contributed by atoms with E-state index in [-0.39, 0.29) is 41.1 Å². The third kappa shape index (κ3) is 7.68. The van der Waals surface area contributed by atoms with Crippen molar-refractivity contribution in [2.75, 3.05) is 38.2 Å². The summed E-state index contributed by atoms with van der Waals surface area (Å²) in [5, 5.41) is 21.2. The maximum absolute atomic E-state index is 13.8. The zero-order chi connectivity index (χ0) is 31.4. The van der Waals surface area contributed by atoms with E-state index in [0.717, 1.165) is 11.1 Å². The zero-order valence-corrected chi connectivity index (χ0v) is 28.1. The van der Waals surface area contributed by atoms with Crippen LogP contribution in [0, 0.1) is 5.41 Å². The molecule has 236 valence electrons. The minimum atomic E-state index is -1.04. The topological polar surface area (TPSA) is 132 Å². The van der Waals surface area contributed by atoms with Gasteiger partial charge in [0.15, 0.2) is 11.9 Å². The fourth-order valence-electron chi connectivity index (χ4n) is 5.12. The van der Waals surface area contributed by atoms with E-state index in [1.807, 2.05) is 41.5 Å². The molecule has 11 heteroatoms. The molecular formula is C32H45BrN4O6. The summed E-state index contributed by atoms with van der Waals surface area (Å²) in [4.78, 5) is 42.0. The van der Waals surface area contributed by atoms with Gasteiger partial charge in [0.05, 0.1) is 24.4 Å². The van der Waals surface area contributed by atoms with Gasteiger partial charge in [-0.05, 0) is 62.4 Å². The molecule has 0 saturated carbocycles. The Bertz CT molecular complexity index is 1370. The predicted octanol–water partition coefficient (Wildman–Crippen LogP) is 5.43. The van der Waals surface area contributed by atoms with Crippen molar-refractivity contribution in [3.05, 3.63) is 52.1 Å². The van der Waals surface area contributed by atoms with Gasteiger partial charge in [-0.15, -0.1) is 17.0 Å². The molecule has 0 bridgehead atoms. The Morgan fingerprint density at radius 3 is 2.26 bits per heavy atom. The molecule has 1 unspecified atom stereocenters. The van der Waals surface area contributed by atoms with Crippen LogP contribution in [-0.2, 0) is 16.8 Å². The van der Waals surface area contributed by atoms with Crippen molar-refractivity contribution in [1.29, 1.82) is 5.41 Å². The summed E-state index contributed by atoms with van der Waals surface area (Å²) < 4.78 is 11.9. The van der Waals surface area contributed by atoms with Crippen molar-refractivity contribution in [2.24, 2.45) is 0 Å². The highest BCUT2D eigenvalue weighted by Crippen LogP contribution is 2.41. The fourth-order valence-corrected chi connectivity index (χ4v) is 5.12. The zero-order valence-electron chi connectivity index (χ0n) is 26.4. The Kier molecular flexibility index (Phi) is 12.2. The van der Waals surface area contributed by atoms with E-state index < -0.39 is 17.5 Å². The van der Waals surface area contributed by atoms with Gasteiger partial charge in [-0.3, -0.25) is 15.0 Å². The smallest absolute Gasteiger partial charge is 0.344 e. The van der Waals surface area contributed by atoms with Gasteiger partial charge < -0.3 is 29.7 Å². The second kappa shape index (κ2) is 14.7. The highest BCUT2D eigenvalue weighted by atomic mass is 79.9. The highest BCUT2D eigenvalue weighted by molar-refractivity contribution is 8.93. The Balaban J connectivity index is 0.00000645. The molecular weight excluding hydrogens is 616 g/mol. The average molecular weight is 662 g/mol. The van der Waals surface area contributed by atoms with Crippen LogP contribution in [0.25, 0.3) is 0 Å². The van der Waals surface area contributed by atoms with Crippen LogP contribution in [0.4, 0.5) is 5.69 Å². The summed E-state index contributed by atoms with van der Waals surface area (Å²) in [7, 11) is 1.54. The standard InChI is InChI=1S/C32H44N4O6.BrH/c1-9-26(31(39)40)42-28-23(32(5,6)7)13-19(14-24(28)35(10-2)11-3)25(37)18-36-17-20-15-27(41-12-4)22(30(38)34-8)16-21(20)29(36)33;/h13-16,26,33H,9-12,17-18H2,1-8H3,(H,34,38)(H,39,40);1H. The normalized spacial score (nSPS) is 13.1. The lowest BCUT2D eigenvalue weighted by atomic mass is 9.84. The summed E-state index contributed by atoms with van der Waals surface area (Å²) in [5.74, 6) is -0.445. The van der Waals surface area contributed by atoms with Crippen LogP contribution in [0.1, 0.15) is 92.3 Å².